The molecule has 1 amide bonds. The molecule has 1 heterocycles. The largest absolute Gasteiger partial charge is 0.326 e. The molecule has 0 spiro atoms. The van der Waals surface area contributed by atoms with Crippen LogP contribution in [0.15, 0.2) is 58.4 Å². The van der Waals surface area contributed by atoms with E-state index in [1.807, 2.05) is 6.07 Å². The van der Waals surface area contributed by atoms with Gasteiger partial charge < -0.3 is 5.32 Å². The number of rotatable bonds is 5. The van der Waals surface area contributed by atoms with Gasteiger partial charge in [0.25, 0.3) is 10.0 Å². The first-order valence-corrected chi connectivity index (χ1v) is 11.0. The Balaban J connectivity index is 1.63. The Bertz CT molecular complexity index is 972. The first kappa shape index (κ1) is 20.4. The van der Waals surface area contributed by atoms with Gasteiger partial charge in [0.2, 0.25) is 5.91 Å². The summed E-state index contributed by atoms with van der Waals surface area (Å²) in [7, 11) is -3.69. The Morgan fingerprint density at radius 3 is 2.54 bits per heavy atom. The predicted molar refractivity (Wildman–Crippen MR) is 111 cm³/mol. The van der Waals surface area contributed by atoms with Gasteiger partial charge in [0.1, 0.15) is 5.84 Å². The average molecular weight is 420 g/mol. The molecule has 0 unspecified atom stereocenters. The van der Waals surface area contributed by atoms with Gasteiger partial charge in [0.15, 0.2) is 0 Å². The van der Waals surface area contributed by atoms with E-state index >= 15 is 0 Å². The second-order valence-corrected chi connectivity index (χ2v) is 8.67. The zero-order valence-corrected chi connectivity index (χ0v) is 16.9. The van der Waals surface area contributed by atoms with Crippen LogP contribution in [-0.4, -0.2) is 26.7 Å². The van der Waals surface area contributed by atoms with Crippen LogP contribution in [0.1, 0.15) is 31.2 Å². The quantitative estimate of drug-likeness (QED) is 0.773. The maximum atomic E-state index is 12.5. The molecule has 2 aromatic carbocycles. The van der Waals surface area contributed by atoms with Crippen LogP contribution >= 0.6 is 11.6 Å². The van der Waals surface area contributed by atoms with Crippen molar-refractivity contribution in [1.29, 1.82) is 0 Å². The van der Waals surface area contributed by atoms with Crippen LogP contribution in [-0.2, 0) is 21.2 Å². The van der Waals surface area contributed by atoms with Gasteiger partial charge in [-0.25, -0.2) is 8.42 Å². The number of sulfonamides is 1. The van der Waals surface area contributed by atoms with Crippen LogP contribution in [0.25, 0.3) is 0 Å². The number of nitrogens with one attached hydrogen (secondary N) is 2. The average Bonchev–Trinajstić information content (AvgIpc) is 2.92. The zero-order valence-electron chi connectivity index (χ0n) is 15.3. The molecule has 1 aliphatic rings. The van der Waals surface area contributed by atoms with Crippen LogP contribution in [0, 0.1) is 0 Å². The highest BCUT2D eigenvalue weighted by Gasteiger charge is 2.17. The fourth-order valence-corrected chi connectivity index (χ4v) is 4.20. The topological polar surface area (TPSA) is 87.6 Å². The van der Waals surface area contributed by atoms with E-state index in [0.29, 0.717) is 29.5 Å². The molecule has 0 fully saturated rings. The van der Waals surface area contributed by atoms with E-state index in [-0.39, 0.29) is 17.2 Å². The molecule has 2 aromatic rings. The third-order valence-electron chi connectivity index (χ3n) is 4.38. The Morgan fingerprint density at radius 2 is 1.79 bits per heavy atom. The Morgan fingerprint density at radius 1 is 1.04 bits per heavy atom. The van der Waals surface area contributed by atoms with Crippen LogP contribution in [0.5, 0.6) is 0 Å². The number of anilines is 1. The molecule has 0 saturated carbocycles. The molecule has 2 N–H and O–H groups in total. The van der Waals surface area contributed by atoms with E-state index in [9.17, 15) is 13.2 Å². The first-order chi connectivity index (χ1) is 13.4. The van der Waals surface area contributed by atoms with Gasteiger partial charge >= 0.3 is 0 Å². The highest BCUT2D eigenvalue weighted by Crippen LogP contribution is 2.18. The molecule has 1 aliphatic heterocycles. The Kier molecular flexibility index (Phi) is 6.70. The maximum Gasteiger partial charge on any atom is 0.262 e. The third kappa shape index (κ3) is 5.56. The van der Waals surface area contributed by atoms with Crippen molar-refractivity contribution in [2.45, 2.75) is 37.0 Å². The van der Waals surface area contributed by atoms with Crippen molar-refractivity contribution in [3.63, 3.8) is 0 Å². The summed E-state index contributed by atoms with van der Waals surface area (Å²) in [5.74, 6) is 0.282. The van der Waals surface area contributed by atoms with Crippen molar-refractivity contribution in [2.24, 2.45) is 4.99 Å². The number of hydrogen-bond acceptors (Lipinski definition) is 4. The number of nitrogens with zero attached hydrogens (tertiary/aromatic N) is 1. The minimum absolute atomic E-state index is 0.128. The summed E-state index contributed by atoms with van der Waals surface area (Å²) in [5, 5.41) is 3.28. The summed E-state index contributed by atoms with van der Waals surface area (Å²) in [5.41, 5.74) is 1.25. The van der Waals surface area contributed by atoms with E-state index in [4.69, 9.17) is 11.6 Å². The highest BCUT2D eigenvalue weighted by atomic mass is 35.5. The standard InChI is InChI=1S/C20H22ClN3O3S/c21-18-7-4-3-6-15(18)14-20(25)23-16-9-11-17(12-10-16)28(26,27)24-19-8-2-1-5-13-22-19/h3-4,6-7,9-12H,1-2,5,8,13-14H2,(H,22,24)(H,23,25). The van der Waals surface area contributed by atoms with Crippen LogP contribution in [0.4, 0.5) is 5.69 Å². The number of carbonyl (C=O) groups excluding carboxylic acids is 1. The van der Waals surface area contributed by atoms with Crippen molar-refractivity contribution in [3.8, 4) is 0 Å². The van der Waals surface area contributed by atoms with Crippen molar-refractivity contribution in [1.82, 2.24) is 4.72 Å². The summed E-state index contributed by atoms with van der Waals surface area (Å²) in [4.78, 5) is 16.6. The van der Waals surface area contributed by atoms with E-state index in [1.54, 1.807) is 30.3 Å². The molecule has 0 bridgehead atoms. The molecule has 0 aliphatic carbocycles. The molecule has 8 heteroatoms. The SMILES string of the molecule is O=C(Cc1ccccc1Cl)Nc1ccc(S(=O)(=O)NC2=NCCCCC2)cc1. The predicted octanol–water partition coefficient (Wildman–Crippen LogP) is 3.77. The zero-order chi connectivity index (χ0) is 20.0. The molecule has 6 nitrogen and oxygen atoms in total. The van der Waals surface area contributed by atoms with Crippen molar-refractivity contribution in [2.75, 3.05) is 11.9 Å². The fourth-order valence-electron chi connectivity index (χ4n) is 2.91. The number of aliphatic imine (C=N–C) groups is 1. The van der Waals surface area contributed by atoms with Crippen LogP contribution in [0.2, 0.25) is 5.02 Å². The van der Waals surface area contributed by atoms with Crippen LogP contribution < -0.4 is 10.0 Å². The van der Waals surface area contributed by atoms with Crippen molar-refractivity contribution in [3.05, 3.63) is 59.1 Å². The molecule has 3 rings (SSSR count). The number of halogens is 1. The van der Waals surface area contributed by atoms with Gasteiger partial charge in [0.05, 0.1) is 11.3 Å². The lowest BCUT2D eigenvalue weighted by molar-refractivity contribution is -0.115. The van der Waals surface area contributed by atoms with Gasteiger partial charge in [0, 0.05) is 23.7 Å². The van der Waals surface area contributed by atoms with E-state index < -0.39 is 10.0 Å². The Labute approximate surface area is 170 Å². The van der Waals surface area contributed by atoms with Gasteiger partial charge in [-0.2, -0.15) is 0 Å². The third-order valence-corrected chi connectivity index (χ3v) is 6.15. The number of hydrogen-bond donors (Lipinski definition) is 2. The van der Waals surface area contributed by atoms with Gasteiger partial charge in [-0.1, -0.05) is 36.2 Å². The second kappa shape index (κ2) is 9.21. The molecular weight excluding hydrogens is 398 g/mol. The summed E-state index contributed by atoms with van der Waals surface area (Å²) in [6, 6.07) is 13.2. The van der Waals surface area contributed by atoms with E-state index in [1.165, 1.54) is 12.1 Å². The molecule has 0 aromatic heterocycles. The van der Waals surface area contributed by atoms with Crippen molar-refractivity contribution >= 4 is 39.1 Å². The van der Waals surface area contributed by atoms with E-state index in [0.717, 1.165) is 24.8 Å². The summed E-state index contributed by atoms with van der Waals surface area (Å²) in [6.07, 6.45) is 3.74. The van der Waals surface area contributed by atoms with Crippen LogP contribution in [0.3, 0.4) is 0 Å². The van der Waals surface area contributed by atoms with Gasteiger partial charge in [-0.05, 0) is 48.7 Å². The summed E-state index contributed by atoms with van der Waals surface area (Å²) >= 11 is 6.07. The lowest BCUT2D eigenvalue weighted by Crippen LogP contribution is -2.30. The highest BCUT2D eigenvalue weighted by molar-refractivity contribution is 7.90. The van der Waals surface area contributed by atoms with Gasteiger partial charge in [-0.15, -0.1) is 0 Å². The molecule has 28 heavy (non-hydrogen) atoms. The number of carbonyl (C=O) groups is 1. The van der Waals surface area contributed by atoms with E-state index in [2.05, 4.69) is 15.0 Å². The number of amidine groups is 1. The fraction of sp³-hybridized carbons (Fsp3) is 0.300. The van der Waals surface area contributed by atoms with Gasteiger partial charge in [-0.3, -0.25) is 14.5 Å². The monoisotopic (exact) mass is 419 g/mol. The molecular formula is C20H22ClN3O3S. The smallest absolute Gasteiger partial charge is 0.262 e. The molecule has 148 valence electrons. The first-order valence-electron chi connectivity index (χ1n) is 9.13. The summed E-state index contributed by atoms with van der Waals surface area (Å²) in [6.45, 7) is 0.647. The minimum atomic E-state index is -3.69. The Hall–Kier alpha value is -2.38. The van der Waals surface area contributed by atoms with Crippen molar-refractivity contribution < 1.29 is 13.2 Å². The summed E-state index contributed by atoms with van der Waals surface area (Å²) < 4.78 is 27.6. The molecule has 0 saturated heterocycles. The number of benzene rings is 2. The minimum Gasteiger partial charge on any atom is -0.326 e. The normalized spacial score (nSPS) is 14.7. The molecule has 0 radical (unpaired) electrons. The number of amides is 1. The lowest BCUT2D eigenvalue weighted by atomic mass is 10.1. The second-order valence-electron chi connectivity index (χ2n) is 6.59. The maximum absolute atomic E-state index is 12.5. The lowest BCUT2D eigenvalue weighted by Gasteiger charge is -2.11. The molecule has 0 atom stereocenters.